The van der Waals surface area contributed by atoms with Gasteiger partial charge in [-0.15, -0.1) is 0 Å². The molecule has 3 rings (SSSR count). The van der Waals surface area contributed by atoms with E-state index in [-0.39, 0.29) is 0 Å². The Morgan fingerprint density at radius 2 is 1.12 bits per heavy atom. The minimum absolute atomic E-state index is 0.513. The number of hydrogen-bond acceptors (Lipinski definition) is 0. The smallest absolute Gasteiger partial charge is 0.0248 e. The van der Waals surface area contributed by atoms with Gasteiger partial charge in [0.15, 0.2) is 0 Å². The van der Waals surface area contributed by atoms with Crippen molar-refractivity contribution in [2.45, 2.75) is 86.5 Å². The van der Waals surface area contributed by atoms with E-state index in [1.165, 1.54) is 44.9 Å². The second-order valence-electron chi connectivity index (χ2n) is 9.27. The lowest BCUT2D eigenvalue weighted by molar-refractivity contribution is -0.0897. The highest BCUT2D eigenvalue weighted by atomic mass is 14.6. The summed E-state index contributed by atoms with van der Waals surface area (Å²) >= 11 is 0. The van der Waals surface area contributed by atoms with Gasteiger partial charge in [-0.25, -0.2) is 0 Å². The molecule has 0 aromatic carbocycles. The highest BCUT2D eigenvalue weighted by molar-refractivity contribution is 5.04. The van der Waals surface area contributed by atoms with Crippen molar-refractivity contribution in [3.8, 4) is 0 Å². The SMILES string of the molecule is CC(C)(C)CC12CCC(C(C)(C)C)(CC1)CC2. The molecule has 0 saturated heterocycles. The average Bonchev–Trinajstić information content (AvgIpc) is 2.15. The Hall–Kier alpha value is 0. The van der Waals surface area contributed by atoms with E-state index in [0.717, 1.165) is 0 Å². The highest BCUT2D eigenvalue weighted by Gasteiger charge is 2.53. The third-order valence-corrected chi connectivity index (χ3v) is 5.90. The third-order valence-electron chi connectivity index (χ3n) is 5.90. The van der Waals surface area contributed by atoms with Crippen molar-refractivity contribution in [3.05, 3.63) is 0 Å². The Bertz CT molecular complexity index is 260. The van der Waals surface area contributed by atoms with Gasteiger partial charge in [-0.05, 0) is 66.6 Å². The number of rotatable bonds is 1. The van der Waals surface area contributed by atoms with Crippen LogP contribution in [0.4, 0.5) is 0 Å². The minimum Gasteiger partial charge on any atom is -0.0602 e. The van der Waals surface area contributed by atoms with Crippen LogP contribution in [0.3, 0.4) is 0 Å². The minimum atomic E-state index is 0.513. The molecule has 100 valence electrons. The molecule has 3 saturated carbocycles. The standard InChI is InChI=1S/C17H32/c1-14(2,3)13-16-7-10-17(11-8-16,12-9-16)15(4,5)6/h7-13H2,1-6H3. The zero-order chi connectivity index (χ0) is 12.9. The molecule has 0 unspecified atom stereocenters. The summed E-state index contributed by atoms with van der Waals surface area (Å²) in [7, 11) is 0. The fourth-order valence-electron chi connectivity index (χ4n) is 4.78. The monoisotopic (exact) mass is 236 g/mol. The normalized spacial score (nSPS) is 38.5. The molecule has 0 nitrogen and oxygen atoms in total. The van der Waals surface area contributed by atoms with Crippen molar-refractivity contribution in [1.29, 1.82) is 0 Å². The van der Waals surface area contributed by atoms with Gasteiger partial charge < -0.3 is 0 Å². The predicted molar refractivity (Wildman–Crippen MR) is 76.1 cm³/mol. The van der Waals surface area contributed by atoms with Gasteiger partial charge >= 0.3 is 0 Å². The molecule has 0 heteroatoms. The van der Waals surface area contributed by atoms with Gasteiger partial charge in [0.25, 0.3) is 0 Å². The van der Waals surface area contributed by atoms with Crippen molar-refractivity contribution in [2.75, 3.05) is 0 Å². The van der Waals surface area contributed by atoms with Gasteiger partial charge in [-0.3, -0.25) is 0 Å². The van der Waals surface area contributed by atoms with Crippen molar-refractivity contribution in [2.24, 2.45) is 21.7 Å². The first-order valence-electron chi connectivity index (χ1n) is 7.58. The summed E-state index contributed by atoms with van der Waals surface area (Å²) in [5, 5.41) is 0. The van der Waals surface area contributed by atoms with E-state index in [4.69, 9.17) is 0 Å². The highest BCUT2D eigenvalue weighted by Crippen LogP contribution is 2.65. The van der Waals surface area contributed by atoms with E-state index in [2.05, 4.69) is 41.5 Å². The van der Waals surface area contributed by atoms with Crippen LogP contribution in [0.5, 0.6) is 0 Å². The van der Waals surface area contributed by atoms with Crippen LogP contribution in [0.2, 0.25) is 0 Å². The Balaban J connectivity index is 2.10. The van der Waals surface area contributed by atoms with Gasteiger partial charge in [-0.2, -0.15) is 0 Å². The first kappa shape index (κ1) is 13.4. The molecule has 0 atom stereocenters. The van der Waals surface area contributed by atoms with Crippen LogP contribution in [0.25, 0.3) is 0 Å². The van der Waals surface area contributed by atoms with E-state index in [1.807, 2.05) is 0 Å². The molecule has 0 amide bonds. The summed E-state index contributed by atoms with van der Waals surface area (Å²) in [5.74, 6) is 0. The number of fused-ring (bicyclic) bond motifs is 3. The summed E-state index contributed by atoms with van der Waals surface area (Å²) in [6.07, 6.45) is 10.4. The molecule has 0 spiro atoms. The summed E-state index contributed by atoms with van der Waals surface area (Å²) in [5.41, 5.74) is 2.41. The fraction of sp³-hybridized carbons (Fsp3) is 1.00. The van der Waals surface area contributed by atoms with Crippen molar-refractivity contribution < 1.29 is 0 Å². The topological polar surface area (TPSA) is 0 Å². The Morgan fingerprint density at radius 1 is 0.706 bits per heavy atom. The Morgan fingerprint density at radius 3 is 1.41 bits per heavy atom. The maximum Gasteiger partial charge on any atom is -0.0248 e. The second-order valence-corrected chi connectivity index (χ2v) is 9.27. The lowest BCUT2D eigenvalue weighted by Crippen LogP contribution is -2.49. The van der Waals surface area contributed by atoms with Gasteiger partial charge in [0, 0.05) is 0 Å². The molecular weight excluding hydrogens is 204 g/mol. The summed E-state index contributed by atoms with van der Waals surface area (Å²) < 4.78 is 0. The van der Waals surface area contributed by atoms with Gasteiger partial charge in [0.05, 0.1) is 0 Å². The summed E-state index contributed by atoms with van der Waals surface area (Å²) in [4.78, 5) is 0. The van der Waals surface area contributed by atoms with E-state index >= 15 is 0 Å². The van der Waals surface area contributed by atoms with Gasteiger partial charge in [0.2, 0.25) is 0 Å². The van der Waals surface area contributed by atoms with Crippen molar-refractivity contribution in [1.82, 2.24) is 0 Å². The lowest BCUT2D eigenvalue weighted by atomic mass is 9.45. The molecule has 3 aliphatic rings. The van der Waals surface area contributed by atoms with Crippen LogP contribution >= 0.6 is 0 Å². The largest absolute Gasteiger partial charge is 0.0602 e. The quantitative estimate of drug-likeness (QED) is 0.539. The van der Waals surface area contributed by atoms with Crippen LogP contribution < -0.4 is 0 Å². The Labute approximate surface area is 109 Å². The van der Waals surface area contributed by atoms with Crippen molar-refractivity contribution >= 4 is 0 Å². The Kier molecular flexibility index (Phi) is 2.96. The molecule has 0 radical (unpaired) electrons. The van der Waals surface area contributed by atoms with Crippen LogP contribution in [-0.4, -0.2) is 0 Å². The molecule has 3 aliphatic carbocycles. The number of hydrogen-bond donors (Lipinski definition) is 0. The lowest BCUT2D eigenvalue weighted by Gasteiger charge is -2.60. The average molecular weight is 236 g/mol. The molecule has 17 heavy (non-hydrogen) atoms. The third kappa shape index (κ3) is 2.42. The molecule has 2 bridgehead atoms. The maximum atomic E-state index is 2.47. The van der Waals surface area contributed by atoms with E-state index < -0.39 is 0 Å². The molecular formula is C17H32. The van der Waals surface area contributed by atoms with Crippen LogP contribution in [0, 0.1) is 21.7 Å². The summed E-state index contributed by atoms with van der Waals surface area (Å²) in [6, 6.07) is 0. The maximum absolute atomic E-state index is 2.47. The second kappa shape index (κ2) is 3.75. The molecule has 3 fully saturated rings. The van der Waals surface area contributed by atoms with E-state index in [9.17, 15) is 0 Å². The molecule has 0 aliphatic heterocycles. The van der Waals surface area contributed by atoms with Crippen molar-refractivity contribution in [3.63, 3.8) is 0 Å². The van der Waals surface area contributed by atoms with Crippen LogP contribution in [-0.2, 0) is 0 Å². The molecule has 0 N–H and O–H groups in total. The van der Waals surface area contributed by atoms with Gasteiger partial charge in [-0.1, -0.05) is 41.5 Å². The first-order chi connectivity index (χ1) is 7.58. The predicted octanol–water partition coefficient (Wildman–Crippen LogP) is 5.81. The van der Waals surface area contributed by atoms with Gasteiger partial charge in [0.1, 0.15) is 0 Å². The fourth-order valence-corrected chi connectivity index (χ4v) is 4.78. The van der Waals surface area contributed by atoms with E-state index in [1.54, 1.807) is 0 Å². The molecule has 0 aromatic heterocycles. The van der Waals surface area contributed by atoms with E-state index in [0.29, 0.717) is 21.7 Å². The zero-order valence-electron chi connectivity index (χ0n) is 12.9. The molecule has 0 heterocycles. The summed E-state index contributed by atoms with van der Waals surface area (Å²) in [6.45, 7) is 14.7. The van der Waals surface area contributed by atoms with Crippen LogP contribution in [0.1, 0.15) is 86.5 Å². The van der Waals surface area contributed by atoms with Crippen LogP contribution in [0.15, 0.2) is 0 Å². The first-order valence-corrected chi connectivity index (χ1v) is 7.58. The molecule has 0 aromatic rings. The zero-order valence-corrected chi connectivity index (χ0v) is 12.9.